The van der Waals surface area contributed by atoms with Gasteiger partial charge in [0.25, 0.3) is 0 Å². The Kier molecular flexibility index (Phi) is 5.58. The van der Waals surface area contributed by atoms with Crippen molar-refractivity contribution >= 4 is 20.6 Å². The molecule has 0 bridgehead atoms. The summed E-state index contributed by atoms with van der Waals surface area (Å²) in [6, 6.07) is 4.39. The van der Waals surface area contributed by atoms with Crippen molar-refractivity contribution in [3.63, 3.8) is 0 Å². The Bertz CT molecular complexity index is 654. The Morgan fingerprint density at radius 2 is 1.69 bits per heavy atom. The van der Waals surface area contributed by atoms with Crippen molar-refractivity contribution in [1.29, 1.82) is 0 Å². The second kappa shape index (κ2) is 7.42. The summed E-state index contributed by atoms with van der Waals surface area (Å²) in [4.78, 5) is 7.56. The molecule has 144 valence electrons. The Hall–Kier alpha value is -1.22. The molecule has 0 unspecified atom stereocenters. The maximum atomic E-state index is 13.3. The molecule has 1 saturated heterocycles. The van der Waals surface area contributed by atoms with Gasteiger partial charge in [-0.1, -0.05) is 29.4 Å². The van der Waals surface area contributed by atoms with Crippen LogP contribution in [0.2, 0.25) is 0 Å². The van der Waals surface area contributed by atoms with E-state index in [1.54, 1.807) is 0 Å². The van der Waals surface area contributed by atoms with Crippen molar-refractivity contribution in [1.82, 2.24) is 4.90 Å². The second-order valence-corrected chi connectivity index (χ2v) is 7.61. The van der Waals surface area contributed by atoms with Crippen molar-refractivity contribution in [2.75, 3.05) is 13.1 Å². The molecule has 2 aliphatic heterocycles. The van der Waals surface area contributed by atoms with Crippen molar-refractivity contribution in [3.05, 3.63) is 35.4 Å². The molecule has 0 N–H and O–H groups in total. The maximum absolute atomic E-state index is 13.3. The fourth-order valence-corrected chi connectivity index (χ4v) is 3.75. The molecule has 1 atom stereocenters. The topological polar surface area (TPSA) is 24.8 Å². The smallest absolute Gasteiger partial charge is 0.391 e. The molecule has 1 fully saturated rings. The molecule has 3 nitrogen and oxygen atoms in total. The minimum Gasteiger partial charge on any atom is -0.391 e. The molecular formula is C17H18BrF5N2O. The zero-order valence-corrected chi connectivity index (χ0v) is 15.4. The fraction of sp³-hybridized carbons (Fsp3) is 0.588. The average molecular weight is 441 g/mol. The third-order valence-corrected chi connectivity index (χ3v) is 5.36. The zero-order valence-electron chi connectivity index (χ0n) is 13.8. The normalized spacial score (nSPS) is 23.0. The molecule has 1 aromatic rings. The minimum atomic E-state index is -5.59. The third kappa shape index (κ3) is 4.19. The van der Waals surface area contributed by atoms with E-state index in [4.69, 9.17) is 4.84 Å². The highest BCUT2D eigenvalue weighted by molar-refractivity contribution is 9.18. The van der Waals surface area contributed by atoms with E-state index in [9.17, 15) is 22.0 Å². The predicted molar refractivity (Wildman–Crippen MR) is 90.2 cm³/mol. The summed E-state index contributed by atoms with van der Waals surface area (Å²) in [6.45, 7) is 2.17. The molecule has 0 aliphatic carbocycles. The first-order chi connectivity index (χ1) is 12.2. The number of oxime groups is 1. The van der Waals surface area contributed by atoms with Gasteiger partial charge >= 0.3 is 12.1 Å². The summed E-state index contributed by atoms with van der Waals surface area (Å²) in [6.07, 6.45) is -2.85. The van der Waals surface area contributed by atoms with Crippen LogP contribution in [-0.2, 0) is 17.3 Å². The van der Waals surface area contributed by atoms with Crippen LogP contribution in [0.3, 0.4) is 0 Å². The molecular weight excluding hydrogens is 423 g/mol. The third-order valence-electron chi connectivity index (χ3n) is 4.89. The Labute approximate surface area is 156 Å². The number of piperidine rings is 1. The zero-order chi connectivity index (χ0) is 18.9. The van der Waals surface area contributed by atoms with E-state index in [-0.39, 0.29) is 6.10 Å². The molecule has 0 aromatic heterocycles. The van der Waals surface area contributed by atoms with Gasteiger partial charge in [0.15, 0.2) is 0 Å². The van der Waals surface area contributed by atoms with Crippen molar-refractivity contribution in [2.24, 2.45) is 11.1 Å². The largest absolute Gasteiger partial charge is 0.458 e. The van der Waals surface area contributed by atoms with Crippen LogP contribution in [0.15, 0.2) is 29.4 Å². The quantitative estimate of drug-likeness (QED) is 0.612. The number of likely N-dealkylation sites (tertiary alicyclic amines) is 1. The predicted octanol–water partition coefficient (Wildman–Crippen LogP) is 5.05. The van der Waals surface area contributed by atoms with E-state index in [2.05, 4.69) is 26.0 Å². The van der Waals surface area contributed by atoms with Gasteiger partial charge in [0.05, 0.1) is 0 Å². The van der Waals surface area contributed by atoms with Crippen LogP contribution in [-0.4, -0.2) is 34.9 Å². The van der Waals surface area contributed by atoms with Crippen LogP contribution < -0.4 is 0 Å². The van der Waals surface area contributed by atoms with Gasteiger partial charge in [-0.2, -0.15) is 22.0 Å². The lowest BCUT2D eigenvalue weighted by atomic mass is 9.90. The van der Waals surface area contributed by atoms with Gasteiger partial charge in [-0.3, -0.25) is 4.90 Å². The van der Waals surface area contributed by atoms with Gasteiger partial charge in [-0.25, -0.2) is 0 Å². The molecule has 3 rings (SSSR count). The monoisotopic (exact) mass is 440 g/mol. The maximum Gasteiger partial charge on any atom is 0.458 e. The highest BCUT2D eigenvalue weighted by Crippen LogP contribution is 2.43. The van der Waals surface area contributed by atoms with Crippen molar-refractivity contribution in [2.45, 2.75) is 44.0 Å². The van der Waals surface area contributed by atoms with Gasteiger partial charge < -0.3 is 4.84 Å². The molecule has 0 radical (unpaired) electrons. The van der Waals surface area contributed by atoms with Crippen LogP contribution in [0.1, 0.15) is 30.4 Å². The van der Waals surface area contributed by atoms with Crippen LogP contribution >= 0.6 is 15.9 Å². The van der Waals surface area contributed by atoms with Gasteiger partial charge in [0.1, 0.15) is 10.7 Å². The first kappa shape index (κ1) is 19.5. The van der Waals surface area contributed by atoms with Crippen LogP contribution in [0.5, 0.6) is 0 Å². The number of halogens is 6. The SMILES string of the molecule is FC(F)(F)C(F)(F)c1ccc(CN2CCC([C@H]3CC(Br)=NO3)CC2)cc1. The summed E-state index contributed by atoms with van der Waals surface area (Å²) in [5.74, 6) is -4.42. The number of rotatable bonds is 4. The highest BCUT2D eigenvalue weighted by Gasteiger charge is 2.58. The molecule has 2 aliphatic rings. The summed E-state index contributed by atoms with van der Waals surface area (Å²) in [7, 11) is 0. The van der Waals surface area contributed by atoms with E-state index < -0.39 is 17.7 Å². The standard InChI is InChI=1S/C17H18BrF5N2O/c18-15-9-14(26-24-15)12-5-7-25(8-6-12)10-11-1-3-13(4-2-11)16(19,20)17(21,22)23/h1-4,12,14H,5-10H2/t14-/m1/s1. The van der Waals surface area contributed by atoms with E-state index in [0.717, 1.165) is 49.1 Å². The minimum absolute atomic E-state index is 0.0930. The van der Waals surface area contributed by atoms with Gasteiger partial charge in [0, 0.05) is 24.4 Å². The summed E-state index contributed by atoms with van der Waals surface area (Å²) in [5.41, 5.74) is -0.315. The lowest BCUT2D eigenvalue weighted by molar-refractivity contribution is -0.289. The van der Waals surface area contributed by atoms with E-state index >= 15 is 0 Å². The molecule has 0 saturated carbocycles. The number of alkyl halides is 5. The summed E-state index contributed by atoms with van der Waals surface area (Å²) in [5, 5.41) is 3.90. The number of hydrogen-bond donors (Lipinski definition) is 0. The van der Waals surface area contributed by atoms with Gasteiger partial charge in [0.2, 0.25) is 0 Å². The van der Waals surface area contributed by atoms with Crippen LogP contribution in [0.25, 0.3) is 0 Å². The second-order valence-electron chi connectivity index (χ2n) is 6.70. The van der Waals surface area contributed by atoms with Crippen molar-refractivity contribution < 1.29 is 26.8 Å². The Balaban J connectivity index is 1.53. The molecule has 9 heteroatoms. The van der Waals surface area contributed by atoms with Gasteiger partial charge in [-0.05, 0) is 47.4 Å². The van der Waals surface area contributed by atoms with Crippen LogP contribution in [0, 0.1) is 5.92 Å². The first-order valence-corrected chi connectivity index (χ1v) is 9.10. The van der Waals surface area contributed by atoms with E-state index in [1.807, 2.05) is 0 Å². The molecule has 1 aromatic carbocycles. The molecule has 2 heterocycles. The van der Waals surface area contributed by atoms with Crippen LogP contribution in [0.4, 0.5) is 22.0 Å². The Morgan fingerprint density at radius 3 is 2.19 bits per heavy atom. The number of hydrogen-bond acceptors (Lipinski definition) is 3. The van der Waals surface area contributed by atoms with E-state index in [0.29, 0.717) is 18.0 Å². The lowest BCUT2D eigenvalue weighted by Crippen LogP contribution is -2.37. The summed E-state index contributed by atoms with van der Waals surface area (Å²) < 4.78 is 64.6. The average Bonchev–Trinajstić information content (AvgIpc) is 3.01. The number of benzene rings is 1. The molecule has 0 amide bonds. The highest BCUT2D eigenvalue weighted by atomic mass is 79.9. The van der Waals surface area contributed by atoms with Crippen molar-refractivity contribution in [3.8, 4) is 0 Å². The lowest BCUT2D eigenvalue weighted by Gasteiger charge is -2.33. The summed E-state index contributed by atoms with van der Waals surface area (Å²) >= 11 is 3.32. The first-order valence-electron chi connectivity index (χ1n) is 8.31. The molecule has 0 spiro atoms. The van der Waals surface area contributed by atoms with E-state index in [1.165, 1.54) is 12.1 Å². The molecule has 26 heavy (non-hydrogen) atoms. The van der Waals surface area contributed by atoms with Gasteiger partial charge in [-0.15, -0.1) is 0 Å². The fourth-order valence-electron chi connectivity index (χ4n) is 3.34. The Morgan fingerprint density at radius 1 is 1.08 bits per heavy atom. The number of nitrogens with zero attached hydrogens (tertiary/aromatic N) is 2.